The van der Waals surface area contributed by atoms with Gasteiger partial charge in [-0.2, -0.15) is 0 Å². The van der Waals surface area contributed by atoms with Crippen molar-refractivity contribution in [2.24, 2.45) is 5.92 Å². The summed E-state index contributed by atoms with van der Waals surface area (Å²) in [5, 5.41) is 13.2. The molecule has 0 radical (unpaired) electrons. The van der Waals surface area contributed by atoms with Crippen molar-refractivity contribution < 1.29 is 13.9 Å². The number of aliphatic hydroxyl groups excluding tert-OH is 1. The van der Waals surface area contributed by atoms with Crippen molar-refractivity contribution in [2.75, 3.05) is 13.1 Å². The van der Waals surface area contributed by atoms with Gasteiger partial charge in [0.1, 0.15) is 0 Å². The summed E-state index contributed by atoms with van der Waals surface area (Å²) in [6.45, 7) is 1.27. The Labute approximate surface area is 119 Å². The molecule has 1 aromatic rings. The molecular formula is C16H23F2NO. The molecule has 1 atom stereocenters. The smallest absolute Gasteiger partial charge is 0.159 e. The van der Waals surface area contributed by atoms with E-state index >= 15 is 0 Å². The minimum absolute atomic E-state index is 0.377. The predicted octanol–water partition coefficient (Wildman–Crippen LogP) is 3.56. The molecule has 1 aromatic carbocycles. The van der Waals surface area contributed by atoms with Crippen LogP contribution in [0.2, 0.25) is 0 Å². The Kier molecular flexibility index (Phi) is 5.92. The first-order chi connectivity index (χ1) is 9.66. The van der Waals surface area contributed by atoms with Crippen molar-refractivity contribution >= 4 is 0 Å². The third-order valence-corrected chi connectivity index (χ3v) is 4.07. The minimum atomic E-state index is -0.912. The van der Waals surface area contributed by atoms with Crippen LogP contribution in [-0.2, 0) is 0 Å². The van der Waals surface area contributed by atoms with Crippen molar-refractivity contribution in [2.45, 2.75) is 44.6 Å². The zero-order valence-corrected chi connectivity index (χ0v) is 11.7. The monoisotopic (exact) mass is 283 g/mol. The Bertz CT molecular complexity index is 417. The molecule has 2 N–H and O–H groups in total. The van der Waals surface area contributed by atoms with Gasteiger partial charge in [-0.25, -0.2) is 8.78 Å². The summed E-state index contributed by atoms with van der Waals surface area (Å²) in [7, 11) is 0. The SMILES string of the molecule is O[C@@H](CNCC1CCCCCC1)c1ccc(F)c(F)c1. The van der Waals surface area contributed by atoms with Crippen LogP contribution in [0.4, 0.5) is 8.78 Å². The molecule has 112 valence electrons. The lowest BCUT2D eigenvalue weighted by molar-refractivity contribution is 0.171. The van der Waals surface area contributed by atoms with Gasteiger partial charge in [0.05, 0.1) is 6.10 Å². The molecular weight excluding hydrogens is 260 g/mol. The largest absolute Gasteiger partial charge is 0.387 e. The average Bonchev–Trinajstić information content (AvgIpc) is 2.70. The summed E-state index contributed by atoms with van der Waals surface area (Å²) in [6, 6.07) is 3.54. The summed E-state index contributed by atoms with van der Waals surface area (Å²) < 4.78 is 25.9. The summed E-state index contributed by atoms with van der Waals surface area (Å²) in [5.74, 6) is -1.12. The molecule has 20 heavy (non-hydrogen) atoms. The second-order valence-electron chi connectivity index (χ2n) is 5.71. The zero-order valence-electron chi connectivity index (χ0n) is 11.7. The van der Waals surface area contributed by atoms with E-state index in [0.29, 0.717) is 18.0 Å². The van der Waals surface area contributed by atoms with Crippen molar-refractivity contribution in [1.82, 2.24) is 5.32 Å². The van der Waals surface area contributed by atoms with Crippen molar-refractivity contribution in [3.05, 3.63) is 35.4 Å². The Balaban J connectivity index is 1.76. The standard InChI is InChI=1S/C16H23F2NO/c17-14-8-7-13(9-15(14)18)16(20)11-19-10-12-5-3-1-2-4-6-12/h7-9,12,16,19-20H,1-6,10-11H2/t16-/m0/s1. The Morgan fingerprint density at radius 3 is 2.45 bits per heavy atom. The number of hydrogen-bond acceptors (Lipinski definition) is 2. The second-order valence-corrected chi connectivity index (χ2v) is 5.71. The van der Waals surface area contributed by atoms with Crippen LogP contribution in [0.5, 0.6) is 0 Å². The molecule has 0 spiro atoms. The number of halogens is 2. The predicted molar refractivity (Wildman–Crippen MR) is 75.4 cm³/mol. The minimum Gasteiger partial charge on any atom is -0.387 e. The first-order valence-corrected chi connectivity index (χ1v) is 7.50. The van der Waals surface area contributed by atoms with Gasteiger partial charge in [0, 0.05) is 6.54 Å². The number of aliphatic hydroxyl groups is 1. The maximum absolute atomic E-state index is 13.1. The van der Waals surface area contributed by atoms with Crippen LogP contribution in [0.1, 0.15) is 50.2 Å². The molecule has 0 aliphatic heterocycles. The number of hydrogen-bond donors (Lipinski definition) is 2. The van der Waals surface area contributed by atoms with E-state index in [4.69, 9.17) is 0 Å². The van der Waals surface area contributed by atoms with Gasteiger partial charge in [0.25, 0.3) is 0 Å². The van der Waals surface area contributed by atoms with E-state index in [1.54, 1.807) is 0 Å². The van der Waals surface area contributed by atoms with Crippen LogP contribution in [0.3, 0.4) is 0 Å². The second kappa shape index (κ2) is 7.70. The highest BCUT2D eigenvalue weighted by Crippen LogP contribution is 2.22. The number of benzene rings is 1. The van der Waals surface area contributed by atoms with Gasteiger partial charge in [-0.15, -0.1) is 0 Å². The van der Waals surface area contributed by atoms with E-state index in [9.17, 15) is 13.9 Å². The Hall–Kier alpha value is -1.00. The molecule has 2 rings (SSSR count). The normalized spacial score (nSPS) is 18.8. The van der Waals surface area contributed by atoms with Crippen LogP contribution in [0, 0.1) is 17.6 Å². The van der Waals surface area contributed by atoms with Gasteiger partial charge in [0.2, 0.25) is 0 Å². The Morgan fingerprint density at radius 2 is 1.80 bits per heavy atom. The van der Waals surface area contributed by atoms with Gasteiger partial charge in [0.15, 0.2) is 11.6 Å². The Morgan fingerprint density at radius 1 is 1.10 bits per heavy atom. The molecule has 1 saturated carbocycles. The highest BCUT2D eigenvalue weighted by Gasteiger charge is 2.14. The van der Waals surface area contributed by atoms with Gasteiger partial charge in [-0.1, -0.05) is 31.7 Å². The first kappa shape index (κ1) is 15.4. The van der Waals surface area contributed by atoms with Crippen molar-refractivity contribution in [3.63, 3.8) is 0 Å². The fraction of sp³-hybridized carbons (Fsp3) is 0.625. The van der Waals surface area contributed by atoms with E-state index < -0.39 is 17.7 Å². The van der Waals surface area contributed by atoms with Gasteiger partial charge in [-0.05, 0) is 43.0 Å². The number of nitrogens with one attached hydrogen (secondary N) is 1. The van der Waals surface area contributed by atoms with E-state index in [-0.39, 0.29) is 0 Å². The molecule has 4 heteroatoms. The lowest BCUT2D eigenvalue weighted by Gasteiger charge is -2.17. The third-order valence-electron chi connectivity index (χ3n) is 4.07. The number of rotatable bonds is 5. The van der Waals surface area contributed by atoms with Crippen LogP contribution < -0.4 is 5.32 Å². The van der Waals surface area contributed by atoms with Gasteiger partial charge in [-0.3, -0.25) is 0 Å². The van der Waals surface area contributed by atoms with E-state index in [0.717, 1.165) is 18.7 Å². The average molecular weight is 283 g/mol. The van der Waals surface area contributed by atoms with Gasteiger partial charge < -0.3 is 10.4 Å². The van der Waals surface area contributed by atoms with Crippen molar-refractivity contribution in [1.29, 1.82) is 0 Å². The molecule has 1 fully saturated rings. The topological polar surface area (TPSA) is 32.3 Å². The quantitative estimate of drug-likeness (QED) is 0.810. The maximum atomic E-state index is 13.1. The fourth-order valence-electron chi connectivity index (χ4n) is 2.83. The zero-order chi connectivity index (χ0) is 14.4. The molecule has 0 bridgehead atoms. The van der Waals surface area contributed by atoms with Crippen LogP contribution in [0.25, 0.3) is 0 Å². The maximum Gasteiger partial charge on any atom is 0.159 e. The molecule has 2 nitrogen and oxygen atoms in total. The molecule has 0 amide bonds. The highest BCUT2D eigenvalue weighted by molar-refractivity contribution is 5.20. The van der Waals surface area contributed by atoms with Crippen LogP contribution in [-0.4, -0.2) is 18.2 Å². The van der Waals surface area contributed by atoms with E-state index in [1.807, 2.05) is 0 Å². The molecule has 0 unspecified atom stereocenters. The van der Waals surface area contributed by atoms with Gasteiger partial charge >= 0.3 is 0 Å². The summed E-state index contributed by atoms with van der Waals surface area (Å²) in [6.07, 6.45) is 6.93. The third kappa shape index (κ3) is 4.53. The molecule has 1 aliphatic rings. The highest BCUT2D eigenvalue weighted by atomic mass is 19.2. The van der Waals surface area contributed by atoms with E-state index in [2.05, 4.69) is 5.32 Å². The summed E-state index contributed by atoms with van der Waals surface area (Å²) >= 11 is 0. The lowest BCUT2D eigenvalue weighted by Crippen LogP contribution is -2.27. The lowest BCUT2D eigenvalue weighted by atomic mass is 10.0. The molecule has 0 heterocycles. The molecule has 0 aromatic heterocycles. The van der Waals surface area contributed by atoms with Crippen molar-refractivity contribution in [3.8, 4) is 0 Å². The summed E-state index contributed by atoms with van der Waals surface area (Å²) in [4.78, 5) is 0. The summed E-state index contributed by atoms with van der Waals surface area (Å²) in [5.41, 5.74) is 0.414. The molecule has 0 saturated heterocycles. The van der Waals surface area contributed by atoms with Crippen LogP contribution in [0.15, 0.2) is 18.2 Å². The van der Waals surface area contributed by atoms with E-state index in [1.165, 1.54) is 44.6 Å². The fourth-order valence-corrected chi connectivity index (χ4v) is 2.83. The first-order valence-electron chi connectivity index (χ1n) is 7.50. The molecule has 1 aliphatic carbocycles. The van der Waals surface area contributed by atoms with Crippen LogP contribution >= 0.6 is 0 Å².